The van der Waals surface area contributed by atoms with Crippen LogP contribution in [0, 0.1) is 13.8 Å². The number of hydrogen-bond acceptors (Lipinski definition) is 4. The lowest BCUT2D eigenvalue weighted by Gasteiger charge is -2.26. The maximum Gasteiger partial charge on any atom is 0.220 e. The van der Waals surface area contributed by atoms with Gasteiger partial charge in [0.05, 0.1) is 12.2 Å². The zero-order valence-electron chi connectivity index (χ0n) is 14.3. The Balaban J connectivity index is 1.46. The maximum atomic E-state index is 12.1. The van der Waals surface area contributed by atoms with Crippen molar-refractivity contribution in [3.05, 3.63) is 41.2 Å². The Labute approximate surface area is 141 Å². The van der Waals surface area contributed by atoms with Crippen LogP contribution in [0.2, 0.25) is 0 Å². The van der Waals surface area contributed by atoms with Crippen LogP contribution in [0.1, 0.15) is 23.4 Å². The van der Waals surface area contributed by atoms with Gasteiger partial charge in [0.25, 0.3) is 0 Å². The number of nitrogens with zero attached hydrogens (tertiary/aromatic N) is 2. The number of hydrogen-bond donors (Lipinski definition) is 1. The Hall–Kier alpha value is -2.50. The van der Waals surface area contributed by atoms with Crippen LogP contribution in [0.3, 0.4) is 0 Å². The summed E-state index contributed by atoms with van der Waals surface area (Å²) in [5.41, 5.74) is 3.25. The third-order valence-corrected chi connectivity index (χ3v) is 4.36. The van der Waals surface area contributed by atoms with E-state index in [9.17, 15) is 4.79 Å². The Morgan fingerprint density at radius 2 is 2.08 bits per heavy atom. The first-order valence-corrected chi connectivity index (χ1v) is 8.19. The number of amides is 1. The van der Waals surface area contributed by atoms with Crippen molar-refractivity contribution in [3.63, 3.8) is 0 Å². The van der Waals surface area contributed by atoms with E-state index in [-0.39, 0.29) is 12.0 Å². The van der Waals surface area contributed by atoms with Crippen LogP contribution in [-0.2, 0) is 18.3 Å². The fourth-order valence-electron chi connectivity index (χ4n) is 2.90. The van der Waals surface area contributed by atoms with Gasteiger partial charge in [-0.15, -0.1) is 0 Å². The molecule has 0 radical (unpaired) electrons. The predicted octanol–water partition coefficient (Wildman–Crippen LogP) is 1.93. The SMILES string of the molecule is Cc1nn(C)c(C)c1CCC(=O)NCC1COc2ccccc2O1. The van der Waals surface area contributed by atoms with Crippen LogP contribution in [0.15, 0.2) is 24.3 Å². The normalized spacial score (nSPS) is 16.0. The van der Waals surface area contributed by atoms with Crippen LogP contribution in [0.25, 0.3) is 0 Å². The molecule has 2 aromatic rings. The van der Waals surface area contributed by atoms with E-state index in [1.165, 1.54) is 0 Å². The van der Waals surface area contributed by atoms with E-state index < -0.39 is 0 Å². The number of rotatable bonds is 5. The summed E-state index contributed by atoms with van der Waals surface area (Å²) in [5, 5.41) is 7.31. The summed E-state index contributed by atoms with van der Waals surface area (Å²) in [6, 6.07) is 7.56. The smallest absolute Gasteiger partial charge is 0.220 e. The molecule has 0 bridgehead atoms. The van der Waals surface area contributed by atoms with Gasteiger partial charge in [-0.1, -0.05) is 12.1 Å². The Morgan fingerprint density at radius 3 is 2.79 bits per heavy atom. The Kier molecular flexibility index (Phi) is 4.74. The Bertz CT molecular complexity index is 739. The molecule has 1 unspecified atom stereocenters. The highest BCUT2D eigenvalue weighted by Gasteiger charge is 2.21. The molecule has 0 aliphatic carbocycles. The summed E-state index contributed by atoms with van der Waals surface area (Å²) in [6.45, 7) is 4.89. The van der Waals surface area contributed by atoms with Crippen molar-refractivity contribution >= 4 is 5.91 Å². The summed E-state index contributed by atoms with van der Waals surface area (Å²) in [7, 11) is 1.92. The van der Waals surface area contributed by atoms with Crippen molar-refractivity contribution in [1.82, 2.24) is 15.1 Å². The van der Waals surface area contributed by atoms with Gasteiger partial charge < -0.3 is 14.8 Å². The van der Waals surface area contributed by atoms with Gasteiger partial charge in [0, 0.05) is 19.2 Å². The highest BCUT2D eigenvalue weighted by Crippen LogP contribution is 2.30. The molecule has 0 saturated carbocycles. The second kappa shape index (κ2) is 6.95. The third kappa shape index (κ3) is 3.53. The van der Waals surface area contributed by atoms with E-state index in [2.05, 4.69) is 10.4 Å². The quantitative estimate of drug-likeness (QED) is 0.910. The molecule has 2 heterocycles. The molecule has 1 amide bonds. The number of fused-ring (bicyclic) bond motifs is 1. The van der Waals surface area contributed by atoms with Gasteiger partial charge in [-0.05, 0) is 38.0 Å². The van der Waals surface area contributed by atoms with Gasteiger partial charge in [-0.3, -0.25) is 9.48 Å². The molecule has 1 atom stereocenters. The van der Waals surface area contributed by atoms with Gasteiger partial charge in [0.2, 0.25) is 5.91 Å². The second-order valence-corrected chi connectivity index (χ2v) is 6.07. The van der Waals surface area contributed by atoms with Crippen LogP contribution in [0.5, 0.6) is 11.5 Å². The molecule has 0 saturated heterocycles. The highest BCUT2D eigenvalue weighted by atomic mass is 16.6. The largest absolute Gasteiger partial charge is 0.486 e. The summed E-state index contributed by atoms with van der Waals surface area (Å²) < 4.78 is 13.3. The van der Waals surface area contributed by atoms with Gasteiger partial charge in [0.15, 0.2) is 11.5 Å². The molecule has 1 aromatic carbocycles. The van der Waals surface area contributed by atoms with Crippen molar-refractivity contribution in [3.8, 4) is 11.5 Å². The summed E-state index contributed by atoms with van der Waals surface area (Å²) in [6.07, 6.45) is 0.977. The number of carbonyl (C=O) groups is 1. The lowest BCUT2D eigenvalue weighted by Crippen LogP contribution is -2.40. The summed E-state index contributed by atoms with van der Waals surface area (Å²) >= 11 is 0. The molecule has 128 valence electrons. The average molecular weight is 329 g/mol. The molecule has 1 aliphatic rings. The number of para-hydroxylation sites is 2. The van der Waals surface area contributed by atoms with E-state index in [1.54, 1.807) is 0 Å². The van der Waals surface area contributed by atoms with Gasteiger partial charge >= 0.3 is 0 Å². The fourth-order valence-corrected chi connectivity index (χ4v) is 2.90. The van der Waals surface area contributed by atoms with Crippen molar-refractivity contribution in [2.75, 3.05) is 13.2 Å². The molecule has 6 heteroatoms. The average Bonchev–Trinajstić information content (AvgIpc) is 2.83. The standard InChI is InChI=1S/C18H23N3O3/c1-12-15(13(2)21(3)20-12)8-9-18(22)19-10-14-11-23-16-6-4-5-7-17(16)24-14/h4-7,14H,8-11H2,1-3H3,(H,19,22). The number of carbonyl (C=O) groups excluding carboxylic acids is 1. The molecular weight excluding hydrogens is 306 g/mol. The van der Waals surface area contributed by atoms with E-state index >= 15 is 0 Å². The highest BCUT2D eigenvalue weighted by molar-refractivity contribution is 5.76. The zero-order valence-corrected chi connectivity index (χ0v) is 14.3. The van der Waals surface area contributed by atoms with Crippen LogP contribution < -0.4 is 14.8 Å². The number of benzene rings is 1. The number of aryl methyl sites for hydroxylation is 2. The molecule has 1 N–H and O–H groups in total. The molecule has 1 aromatic heterocycles. The van der Waals surface area contributed by atoms with Crippen LogP contribution in [0.4, 0.5) is 0 Å². The molecule has 0 fully saturated rings. The molecule has 0 spiro atoms. The second-order valence-electron chi connectivity index (χ2n) is 6.07. The molecule has 6 nitrogen and oxygen atoms in total. The van der Waals surface area contributed by atoms with Gasteiger partial charge in [-0.2, -0.15) is 5.10 Å². The lowest BCUT2D eigenvalue weighted by atomic mass is 10.1. The minimum atomic E-state index is -0.161. The van der Waals surface area contributed by atoms with Gasteiger partial charge in [0.1, 0.15) is 12.7 Å². The fraction of sp³-hybridized carbons (Fsp3) is 0.444. The maximum absolute atomic E-state index is 12.1. The zero-order chi connectivity index (χ0) is 17.1. The molecule has 24 heavy (non-hydrogen) atoms. The van der Waals surface area contributed by atoms with E-state index in [4.69, 9.17) is 9.47 Å². The predicted molar refractivity (Wildman–Crippen MR) is 90.4 cm³/mol. The first-order chi connectivity index (χ1) is 11.5. The van der Waals surface area contributed by atoms with E-state index in [0.29, 0.717) is 26.0 Å². The number of ether oxygens (including phenoxy) is 2. The van der Waals surface area contributed by atoms with E-state index in [1.807, 2.05) is 49.8 Å². The molecular formula is C18H23N3O3. The lowest BCUT2D eigenvalue weighted by molar-refractivity contribution is -0.121. The topological polar surface area (TPSA) is 65.4 Å². The molecule has 3 rings (SSSR count). The first-order valence-electron chi connectivity index (χ1n) is 8.19. The van der Waals surface area contributed by atoms with Crippen LogP contribution >= 0.6 is 0 Å². The van der Waals surface area contributed by atoms with Gasteiger partial charge in [-0.25, -0.2) is 0 Å². The number of nitrogens with one attached hydrogen (secondary N) is 1. The minimum absolute atomic E-state index is 0.0140. The number of aromatic nitrogens is 2. The Morgan fingerprint density at radius 1 is 1.33 bits per heavy atom. The summed E-state index contributed by atoms with van der Waals surface area (Å²) in [4.78, 5) is 12.1. The minimum Gasteiger partial charge on any atom is -0.486 e. The van der Waals surface area contributed by atoms with Crippen molar-refractivity contribution in [2.45, 2.75) is 32.8 Å². The first kappa shape index (κ1) is 16.4. The van der Waals surface area contributed by atoms with E-state index in [0.717, 1.165) is 28.5 Å². The molecule has 1 aliphatic heterocycles. The van der Waals surface area contributed by atoms with Crippen LogP contribution in [-0.4, -0.2) is 34.9 Å². The van der Waals surface area contributed by atoms with Crippen molar-refractivity contribution in [2.24, 2.45) is 7.05 Å². The van der Waals surface area contributed by atoms with Crippen molar-refractivity contribution in [1.29, 1.82) is 0 Å². The monoisotopic (exact) mass is 329 g/mol. The summed E-state index contributed by atoms with van der Waals surface area (Å²) in [5.74, 6) is 1.49. The third-order valence-electron chi connectivity index (χ3n) is 4.36. The van der Waals surface area contributed by atoms with Crippen molar-refractivity contribution < 1.29 is 14.3 Å².